The quantitative estimate of drug-likeness (QED) is 0.505. The van der Waals surface area contributed by atoms with Crippen molar-refractivity contribution in [3.8, 4) is 11.5 Å². The van der Waals surface area contributed by atoms with E-state index >= 15 is 0 Å². The summed E-state index contributed by atoms with van der Waals surface area (Å²) in [7, 11) is 0. The lowest BCUT2D eigenvalue weighted by atomic mass is 9.83. The number of hydrogen-bond acceptors (Lipinski definition) is 6. The van der Waals surface area contributed by atoms with Crippen LogP contribution in [-0.4, -0.2) is 66.3 Å². The molecule has 3 aromatic rings. The predicted octanol–water partition coefficient (Wildman–Crippen LogP) is 3.18. The topological polar surface area (TPSA) is 74.4 Å². The van der Waals surface area contributed by atoms with E-state index in [0.29, 0.717) is 6.42 Å². The molecule has 2 saturated heterocycles. The Balaban J connectivity index is 1.12. The molecule has 3 heterocycles. The highest BCUT2D eigenvalue weighted by molar-refractivity contribution is 6.07. The highest BCUT2D eigenvalue weighted by Gasteiger charge is 2.52. The molecule has 3 amide bonds. The minimum atomic E-state index is -1.11. The summed E-state index contributed by atoms with van der Waals surface area (Å²) in [5.41, 5.74) is 1.87. The van der Waals surface area contributed by atoms with Crippen molar-refractivity contribution in [1.29, 1.82) is 0 Å². The van der Waals surface area contributed by atoms with Gasteiger partial charge in [0, 0.05) is 39.1 Å². The molecule has 190 valence electrons. The van der Waals surface area contributed by atoms with E-state index in [4.69, 9.17) is 9.47 Å². The zero-order valence-electron chi connectivity index (χ0n) is 20.6. The fourth-order valence-corrected chi connectivity index (χ4v) is 5.38. The van der Waals surface area contributed by atoms with Gasteiger partial charge in [-0.3, -0.25) is 14.6 Å². The number of benzene rings is 3. The Morgan fingerprint density at radius 2 is 1.43 bits per heavy atom. The smallest absolute Gasteiger partial charge is 0.326 e. The second-order valence-corrected chi connectivity index (χ2v) is 9.82. The molecule has 1 atom stereocenters. The Kier molecular flexibility index (Phi) is 6.28. The van der Waals surface area contributed by atoms with Crippen LogP contribution in [0.4, 0.5) is 4.79 Å². The summed E-state index contributed by atoms with van der Waals surface area (Å²) in [5, 5.41) is 3.06. The maximum Gasteiger partial charge on any atom is 0.326 e. The van der Waals surface area contributed by atoms with E-state index in [1.807, 2.05) is 72.8 Å². The molecule has 2 fully saturated rings. The summed E-state index contributed by atoms with van der Waals surface area (Å²) in [4.78, 5) is 33.0. The van der Waals surface area contributed by atoms with Crippen molar-refractivity contribution in [3.05, 3.63) is 95.6 Å². The van der Waals surface area contributed by atoms with Crippen LogP contribution in [0.5, 0.6) is 11.5 Å². The van der Waals surface area contributed by atoms with Gasteiger partial charge in [-0.2, -0.15) is 0 Å². The number of imide groups is 1. The van der Waals surface area contributed by atoms with Crippen molar-refractivity contribution in [2.24, 2.45) is 0 Å². The minimum Gasteiger partial charge on any atom is -0.454 e. The van der Waals surface area contributed by atoms with E-state index in [9.17, 15) is 9.59 Å². The van der Waals surface area contributed by atoms with Gasteiger partial charge in [0.2, 0.25) is 6.79 Å². The van der Waals surface area contributed by atoms with Gasteiger partial charge in [0.15, 0.2) is 17.0 Å². The molecular weight excluding hydrogens is 468 g/mol. The number of hydrogen-bond donors (Lipinski definition) is 1. The van der Waals surface area contributed by atoms with Crippen LogP contribution in [0.25, 0.3) is 0 Å². The van der Waals surface area contributed by atoms with Crippen molar-refractivity contribution in [1.82, 2.24) is 20.0 Å². The molecule has 0 bridgehead atoms. The number of rotatable bonds is 7. The number of piperazine rings is 1. The second kappa shape index (κ2) is 9.88. The summed E-state index contributed by atoms with van der Waals surface area (Å²) >= 11 is 0. The molecule has 3 aliphatic heterocycles. The van der Waals surface area contributed by atoms with Gasteiger partial charge in [0.25, 0.3) is 5.91 Å². The Morgan fingerprint density at radius 3 is 2.19 bits per heavy atom. The molecule has 3 aromatic carbocycles. The van der Waals surface area contributed by atoms with Crippen molar-refractivity contribution in [2.75, 3.05) is 39.6 Å². The lowest BCUT2D eigenvalue weighted by Crippen LogP contribution is -2.51. The van der Waals surface area contributed by atoms with E-state index in [-0.39, 0.29) is 25.4 Å². The van der Waals surface area contributed by atoms with Crippen molar-refractivity contribution in [2.45, 2.75) is 18.5 Å². The Morgan fingerprint density at radius 1 is 0.757 bits per heavy atom. The molecule has 0 radical (unpaired) electrons. The van der Waals surface area contributed by atoms with Crippen LogP contribution in [0.1, 0.15) is 16.7 Å². The molecule has 0 aliphatic carbocycles. The zero-order chi connectivity index (χ0) is 25.2. The standard InChI is InChI=1S/C29H30N4O4/c34-27-29(24-9-5-2-6-10-24,18-22-7-3-1-4-8-22)30-28(35)33(27)20-32-15-13-31(14-16-32)19-23-11-12-25-26(17-23)37-21-36-25/h1-12,17H,13-16,18-21H2,(H,30,35)/t29-/m0/s1. The average Bonchev–Trinajstić information content (AvgIpc) is 3.49. The van der Waals surface area contributed by atoms with Gasteiger partial charge in [0.05, 0.1) is 6.67 Å². The monoisotopic (exact) mass is 498 g/mol. The molecule has 1 N–H and O–H groups in total. The third-order valence-corrected chi connectivity index (χ3v) is 7.40. The lowest BCUT2D eigenvalue weighted by Gasteiger charge is -2.36. The Bertz CT molecular complexity index is 1280. The number of nitrogens with zero attached hydrogens (tertiary/aromatic N) is 3. The van der Waals surface area contributed by atoms with Gasteiger partial charge in [-0.25, -0.2) is 9.69 Å². The SMILES string of the molecule is O=C1N[C@@](Cc2ccccc2)(c2ccccc2)C(=O)N1CN1CCN(Cc2ccc3c(c2)OCO3)CC1. The molecular formula is C29H30N4O4. The molecule has 37 heavy (non-hydrogen) atoms. The summed E-state index contributed by atoms with van der Waals surface area (Å²) in [5.74, 6) is 1.39. The number of carbonyl (C=O) groups excluding carboxylic acids is 2. The first-order chi connectivity index (χ1) is 18.1. The molecule has 6 rings (SSSR count). The Hall–Kier alpha value is -3.88. The number of ether oxygens (including phenoxy) is 2. The molecule has 3 aliphatic rings. The van der Waals surface area contributed by atoms with Gasteiger partial charge in [-0.05, 0) is 28.8 Å². The van der Waals surface area contributed by atoms with Crippen LogP contribution in [0, 0.1) is 0 Å². The maximum atomic E-state index is 13.9. The van der Waals surface area contributed by atoms with Crippen molar-refractivity contribution >= 4 is 11.9 Å². The number of nitrogens with one attached hydrogen (secondary N) is 1. The van der Waals surface area contributed by atoms with Crippen LogP contribution in [0.2, 0.25) is 0 Å². The van der Waals surface area contributed by atoms with E-state index in [0.717, 1.165) is 55.3 Å². The van der Waals surface area contributed by atoms with E-state index in [1.165, 1.54) is 10.5 Å². The van der Waals surface area contributed by atoms with E-state index in [1.54, 1.807) is 0 Å². The number of fused-ring (bicyclic) bond motifs is 1. The molecule has 0 saturated carbocycles. The minimum absolute atomic E-state index is 0.199. The zero-order valence-corrected chi connectivity index (χ0v) is 20.6. The van der Waals surface area contributed by atoms with Crippen molar-refractivity contribution in [3.63, 3.8) is 0 Å². The third kappa shape index (κ3) is 4.65. The molecule has 0 aromatic heterocycles. The van der Waals surface area contributed by atoms with Crippen molar-refractivity contribution < 1.29 is 19.1 Å². The summed E-state index contributed by atoms with van der Waals surface area (Å²) in [6.07, 6.45) is 0.405. The number of carbonyl (C=O) groups is 2. The largest absolute Gasteiger partial charge is 0.454 e. The van der Waals surface area contributed by atoms with Gasteiger partial charge >= 0.3 is 6.03 Å². The molecule has 8 heteroatoms. The highest BCUT2D eigenvalue weighted by atomic mass is 16.7. The van der Waals surface area contributed by atoms with Crippen LogP contribution in [0.15, 0.2) is 78.9 Å². The van der Waals surface area contributed by atoms with Gasteiger partial charge in [0.1, 0.15) is 0 Å². The summed E-state index contributed by atoms with van der Waals surface area (Å²) < 4.78 is 10.9. The number of urea groups is 1. The third-order valence-electron chi connectivity index (χ3n) is 7.40. The summed E-state index contributed by atoms with van der Waals surface area (Å²) in [6, 6.07) is 25.1. The normalized spacial score (nSPS) is 21.9. The average molecular weight is 499 g/mol. The fourth-order valence-electron chi connectivity index (χ4n) is 5.38. The van der Waals surface area contributed by atoms with Crippen LogP contribution in [-0.2, 0) is 23.3 Å². The van der Waals surface area contributed by atoms with Gasteiger partial charge in [-0.15, -0.1) is 0 Å². The van der Waals surface area contributed by atoms with Crippen LogP contribution >= 0.6 is 0 Å². The first kappa shape index (κ1) is 23.5. The van der Waals surface area contributed by atoms with Crippen LogP contribution in [0.3, 0.4) is 0 Å². The molecule has 8 nitrogen and oxygen atoms in total. The van der Waals surface area contributed by atoms with Gasteiger partial charge < -0.3 is 14.8 Å². The first-order valence-electron chi connectivity index (χ1n) is 12.7. The van der Waals surface area contributed by atoms with E-state index in [2.05, 4.69) is 21.2 Å². The predicted molar refractivity (Wildman–Crippen MR) is 138 cm³/mol. The molecule has 0 unspecified atom stereocenters. The summed E-state index contributed by atoms with van der Waals surface area (Å²) in [6.45, 7) is 4.64. The van der Waals surface area contributed by atoms with Crippen LogP contribution < -0.4 is 14.8 Å². The Labute approximate surface area is 216 Å². The van der Waals surface area contributed by atoms with Gasteiger partial charge in [-0.1, -0.05) is 66.7 Å². The second-order valence-electron chi connectivity index (χ2n) is 9.82. The van der Waals surface area contributed by atoms with E-state index < -0.39 is 5.54 Å². The maximum absolute atomic E-state index is 13.9. The molecule has 0 spiro atoms. The lowest BCUT2D eigenvalue weighted by molar-refractivity contribution is -0.133. The fraction of sp³-hybridized carbons (Fsp3) is 0.310. The number of amides is 3. The highest BCUT2D eigenvalue weighted by Crippen LogP contribution is 2.34. The first-order valence-corrected chi connectivity index (χ1v) is 12.7.